The second-order valence-electron chi connectivity index (χ2n) is 6.61. The minimum absolute atomic E-state index is 0.00672. The number of anilines is 1. The Kier molecular flexibility index (Phi) is 3.72. The molecule has 10 nitrogen and oxygen atoms in total. The van der Waals surface area contributed by atoms with E-state index in [4.69, 9.17) is 20.0 Å². The predicted octanol–water partition coefficient (Wildman–Crippen LogP) is -0.572. The number of primary amides is 1. The van der Waals surface area contributed by atoms with E-state index in [1.807, 2.05) is 0 Å². The van der Waals surface area contributed by atoms with E-state index in [1.54, 1.807) is 6.07 Å². The second-order valence-corrected chi connectivity index (χ2v) is 6.61. The van der Waals surface area contributed by atoms with E-state index in [0.29, 0.717) is 23.4 Å². The number of hydrogen-bond acceptors (Lipinski definition) is 9. The Balaban J connectivity index is 1.86. The molecule has 0 saturated carbocycles. The molecule has 3 aliphatic rings. The summed E-state index contributed by atoms with van der Waals surface area (Å²) < 4.78 is 10.5. The summed E-state index contributed by atoms with van der Waals surface area (Å²) in [6.07, 6.45) is -0.991. The second kappa shape index (κ2) is 5.73. The largest absolute Gasteiger partial charge is 0.508 e. The highest BCUT2D eigenvalue weighted by Crippen LogP contribution is 2.54. The normalized spacial score (nSPS) is 30.8. The fraction of sp³-hybridized carbons (Fsp3) is 0.500. The molecule has 1 amide bonds. The van der Waals surface area contributed by atoms with Crippen molar-refractivity contribution in [2.75, 3.05) is 18.2 Å². The molecule has 0 aromatic heterocycles. The Morgan fingerprint density at radius 2 is 2.27 bits per heavy atom. The maximum absolute atomic E-state index is 11.8. The van der Waals surface area contributed by atoms with Crippen LogP contribution in [0.15, 0.2) is 12.1 Å². The van der Waals surface area contributed by atoms with E-state index >= 15 is 0 Å². The number of benzene rings is 1. The first-order chi connectivity index (χ1) is 12.4. The number of ether oxygens (including phenoxy) is 2. The third-order valence-electron chi connectivity index (χ3n) is 4.91. The van der Waals surface area contributed by atoms with Gasteiger partial charge in [-0.15, -0.1) is 0 Å². The molecule has 3 heterocycles. The fourth-order valence-electron chi connectivity index (χ4n) is 3.88. The zero-order chi connectivity index (χ0) is 18.6. The number of phenolic OH excluding ortho intramolecular Hbond substituents is 1. The van der Waals surface area contributed by atoms with Gasteiger partial charge in [-0.2, -0.15) is 0 Å². The minimum atomic E-state index is -1.48. The Hall–Kier alpha value is -2.56. The van der Waals surface area contributed by atoms with E-state index in [-0.39, 0.29) is 31.0 Å². The van der Waals surface area contributed by atoms with E-state index in [1.165, 1.54) is 18.1 Å². The number of carbonyl (C=O) groups is 2. The molecule has 10 heteroatoms. The standard InChI is InChI=1S/C16H19N3O7/c1-7(21)25-16-9(6-24-15(17)23)13-11(2-8(5-20)3-12(13)22)19(26-16)4-10-14(16)18-10/h2-3,9-10,14,18,20,22H,4-6H2,1H3,(H2,17,23)/t9-,10-,14-,16-/m0/s1. The molecular formula is C16H19N3O7. The molecule has 2 bridgehead atoms. The number of esters is 1. The van der Waals surface area contributed by atoms with Crippen molar-refractivity contribution in [3.05, 3.63) is 23.3 Å². The van der Waals surface area contributed by atoms with E-state index < -0.39 is 23.8 Å². The summed E-state index contributed by atoms with van der Waals surface area (Å²) >= 11 is 0. The number of phenols is 1. The maximum atomic E-state index is 11.8. The lowest BCUT2D eigenvalue weighted by Crippen LogP contribution is -2.61. The van der Waals surface area contributed by atoms with Crippen LogP contribution >= 0.6 is 0 Å². The first-order valence-corrected chi connectivity index (χ1v) is 8.17. The number of nitrogens with zero attached hydrogens (tertiary/aromatic N) is 1. The van der Waals surface area contributed by atoms with Crippen LogP contribution in [-0.2, 0) is 25.7 Å². The van der Waals surface area contributed by atoms with Crippen molar-refractivity contribution in [1.29, 1.82) is 0 Å². The van der Waals surface area contributed by atoms with Gasteiger partial charge >= 0.3 is 12.1 Å². The highest BCUT2D eigenvalue weighted by Gasteiger charge is 2.68. The van der Waals surface area contributed by atoms with Crippen molar-refractivity contribution < 1.29 is 34.1 Å². The van der Waals surface area contributed by atoms with Crippen LogP contribution in [0.2, 0.25) is 0 Å². The number of hydroxylamine groups is 1. The van der Waals surface area contributed by atoms with Gasteiger partial charge in [0, 0.05) is 18.5 Å². The SMILES string of the molecule is CC(=O)O[C@@]12ON(C[C@@H]3N[C@@H]31)c1cc(CO)cc(O)c1[C@@H]2COC(N)=O. The Morgan fingerprint density at radius 1 is 1.50 bits per heavy atom. The first-order valence-electron chi connectivity index (χ1n) is 8.17. The predicted molar refractivity (Wildman–Crippen MR) is 85.9 cm³/mol. The van der Waals surface area contributed by atoms with Crippen LogP contribution in [0.4, 0.5) is 10.5 Å². The molecule has 1 aromatic carbocycles. The molecule has 2 fully saturated rings. The van der Waals surface area contributed by atoms with Gasteiger partial charge in [0.1, 0.15) is 12.4 Å². The van der Waals surface area contributed by atoms with Gasteiger partial charge < -0.3 is 30.7 Å². The number of aromatic hydroxyl groups is 1. The van der Waals surface area contributed by atoms with E-state index in [0.717, 1.165) is 0 Å². The van der Waals surface area contributed by atoms with Crippen LogP contribution in [0.1, 0.15) is 24.0 Å². The van der Waals surface area contributed by atoms with Crippen molar-refractivity contribution in [2.24, 2.45) is 5.73 Å². The number of aliphatic hydroxyl groups is 1. The number of aliphatic hydroxyl groups excluding tert-OH is 1. The van der Waals surface area contributed by atoms with Crippen molar-refractivity contribution in [2.45, 2.75) is 37.3 Å². The van der Waals surface area contributed by atoms with E-state index in [2.05, 4.69) is 5.32 Å². The molecule has 26 heavy (non-hydrogen) atoms. The number of carbonyl (C=O) groups excluding carboxylic acids is 2. The summed E-state index contributed by atoms with van der Waals surface area (Å²) in [5.74, 6) is -2.97. The molecule has 3 aliphatic heterocycles. The lowest BCUT2D eigenvalue weighted by molar-refractivity contribution is -0.263. The number of amides is 1. The summed E-state index contributed by atoms with van der Waals surface area (Å²) in [5, 5.41) is 24.7. The number of nitrogens with one attached hydrogen (secondary N) is 1. The third kappa shape index (κ3) is 2.45. The number of hydrogen-bond donors (Lipinski definition) is 4. The van der Waals surface area contributed by atoms with Gasteiger partial charge in [0.15, 0.2) is 0 Å². The molecular weight excluding hydrogens is 346 g/mol. The van der Waals surface area contributed by atoms with Gasteiger partial charge in [-0.3, -0.25) is 4.79 Å². The van der Waals surface area contributed by atoms with Crippen LogP contribution in [0.5, 0.6) is 5.75 Å². The third-order valence-corrected chi connectivity index (χ3v) is 4.91. The molecule has 0 aliphatic carbocycles. The Bertz CT molecular complexity index is 785. The van der Waals surface area contributed by atoms with Gasteiger partial charge in [0.25, 0.3) is 5.79 Å². The van der Waals surface area contributed by atoms with Gasteiger partial charge in [0.05, 0.1) is 30.8 Å². The van der Waals surface area contributed by atoms with Crippen LogP contribution < -0.4 is 16.1 Å². The Morgan fingerprint density at radius 3 is 2.92 bits per heavy atom. The molecule has 0 unspecified atom stereocenters. The molecule has 0 radical (unpaired) electrons. The Labute approximate surface area is 148 Å². The van der Waals surface area contributed by atoms with Crippen LogP contribution in [0.3, 0.4) is 0 Å². The molecule has 2 saturated heterocycles. The van der Waals surface area contributed by atoms with Gasteiger partial charge in [0.2, 0.25) is 0 Å². The zero-order valence-corrected chi connectivity index (χ0v) is 14.0. The number of fused-ring (bicyclic) bond motifs is 6. The smallest absolute Gasteiger partial charge is 0.404 e. The lowest BCUT2D eigenvalue weighted by atomic mass is 9.82. The quantitative estimate of drug-likeness (QED) is 0.405. The van der Waals surface area contributed by atoms with Crippen LogP contribution in [0.25, 0.3) is 0 Å². The molecule has 140 valence electrons. The summed E-state index contributed by atoms with van der Waals surface area (Å²) in [4.78, 5) is 28.9. The number of nitrogens with two attached hydrogens (primary N) is 1. The van der Waals surface area contributed by atoms with Crippen molar-refractivity contribution in [3.63, 3.8) is 0 Å². The maximum Gasteiger partial charge on any atom is 0.404 e. The highest BCUT2D eigenvalue weighted by atomic mass is 16.8. The molecule has 1 aromatic rings. The van der Waals surface area contributed by atoms with Gasteiger partial charge in [-0.25, -0.2) is 14.7 Å². The first kappa shape index (κ1) is 16.9. The summed E-state index contributed by atoms with van der Waals surface area (Å²) in [6, 6.07) is 2.78. The van der Waals surface area contributed by atoms with Crippen molar-refractivity contribution in [3.8, 4) is 5.75 Å². The topological polar surface area (TPSA) is 153 Å². The van der Waals surface area contributed by atoms with Crippen LogP contribution in [0, 0.1) is 0 Å². The van der Waals surface area contributed by atoms with Crippen molar-refractivity contribution >= 4 is 17.7 Å². The molecule has 5 N–H and O–H groups in total. The lowest BCUT2D eigenvalue weighted by Gasteiger charge is -2.49. The average Bonchev–Trinajstić information content (AvgIpc) is 3.34. The summed E-state index contributed by atoms with van der Waals surface area (Å²) in [6.45, 7) is 1.21. The van der Waals surface area contributed by atoms with Crippen molar-refractivity contribution in [1.82, 2.24) is 5.32 Å². The molecule has 4 atom stereocenters. The average molecular weight is 365 g/mol. The van der Waals surface area contributed by atoms with Gasteiger partial charge in [-0.05, 0) is 17.7 Å². The number of rotatable bonds is 4. The zero-order valence-electron chi connectivity index (χ0n) is 14.0. The molecule has 4 rings (SSSR count). The minimum Gasteiger partial charge on any atom is -0.508 e. The summed E-state index contributed by atoms with van der Waals surface area (Å²) in [7, 11) is 0. The fourth-order valence-corrected chi connectivity index (χ4v) is 3.88. The monoisotopic (exact) mass is 365 g/mol. The van der Waals surface area contributed by atoms with Gasteiger partial charge in [-0.1, -0.05) is 0 Å². The molecule has 0 spiro atoms. The summed E-state index contributed by atoms with van der Waals surface area (Å²) in [5.41, 5.74) is 6.51. The van der Waals surface area contributed by atoms with E-state index in [9.17, 15) is 19.8 Å². The van der Waals surface area contributed by atoms with Crippen LogP contribution in [-0.4, -0.2) is 53.3 Å². The highest BCUT2D eigenvalue weighted by molar-refractivity contribution is 5.70.